The molecule has 0 heterocycles. The van der Waals surface area contributed by atoms with Crippen molar-refractivity contribution in [3.8, 4) is 44.5 Å². The van der Waals surface area contributed by atoms with Crippen LogP contribution in [0.1, 0.15) is 52.6 Å². The van der Waals surface area contributed by atoms with E-state index in [-0.39, 0.29) is 22.3 Å². The Morgan fingerprint density at radius 1 is 0.306 bits per heavy atom. The van der Waals surface area contributed by atoms with Gasteiger partial charge < -0.3 is 20.4 Å². The molecule has 0 spiro atoms. The van der Waals surface area contributed by atoms with Gasteiger partial charge in [-0.15, -0.1) is 0 Å². The summed E-state index contributed by atoms with van der Waals surface area (Å²) in [5.74, 6) is -4.09. The number of hydrogen-bond donors (Lipinski definition) is 4. The summed E-state index contributed by atoms with van der Waals surface area (Å²) in [6.45, 7) is 0. The van der Waals surface area contributed by atoms with Crippen molar-refractivity contribution in [2.45, 2.75) is 6.42 Å². The molecule has 0 aliphatic rings. The molecule has 0 radical (unpaired) electrons. The zero-order valence-corrected chi connectivity index (χ0v) is 25.8. The lowest BCUT2D eigenvalue weighted by Gasteiger charge is -2.14. The van der Waals surface area contributed by atoms with Gasteiger partial charge in [0.05, 0.1) is 22.3 Å². The van der Waals surface area contributed by atoms with Crippen molar-refractivity contribution in [1.29, 1.82) is 0 Å². The molecule has 0 atom stereocenters. The average molecular weight is 649 g/mol. The van der Waals surface area contributed by atoms with Crippen LogP contribution < -0.4 is 0 Å². The first-order valence-corrected chi connectivity index (χ1v) is 15.2. The Morgan fingerprint density at radius 2 is 0.510 bits per heavy atom. The van der Waals surface area contributed by atoms with Gasteiger partial charge in [0.25, 0.3) is 0 Å². The van der Waals surface area contributed by atoms with E-state index in [0.29, 0.717) is 6.42 Å². The molecule has 0 aliphatic carbocycles. The number of hydrogen-bond acceptors (Lipinski definition) is 4. The maximum Gasteiger partial charge on any atom is 0.335 e. The van der Waals surface area contributed by atoms with Gasteiger partial charge in [0.15, 0.2) is 0 Å². The molecule has 6 rings (SSSR count). The van der Waals surface area contributed by atoms with Crippen LogP contribution in [0.25, 0.3) is 44.5 Å². The van der Waals surface area contributed by atoms with E-state index in [1.807, 2.05) is 36.4 Å². The van der Waals surface area contributed by atoms with Crippen LogP contribution in [-0.2, 0) is 6.42 Å². The largest absolute Gasteiger partial charge is 0.478 e. The lowest BCUT2D eigenvalue weighted by molar-refractivity contribution is 0.0686. The van der Waals surface area contributed by atoms with E-state index >= 15 is 0 Å². The highest BCUT2D eigenvalue weighted by Crippen LogP contribution is 2.33. The summed E-state index contributed by atoms with van der Waals surface area (Å²) in [6, 6.07) is 38.5. The van der Waals surface area contributed by atoms with Crippen LogP contribution in [0.15, 0.2) is 133 Å². The fourth-order valence-corrected chi connectivity index (χ4v) is 5.71. The summed E-state index contributed by atoms with van der Waals surface area (Å²) in [7, 11) is 0. The minimum Gasteiger partial charge on any atom is -0.478 e. The molecule has 8 nitrogen and oxygen atoms in total. The van der Waals surface area contributed by atoms with Gasteiger partial charge in [0.2, 0.25) is 0 Å². The molecule has 0 fully saturated rings. The fourth-order valence-electron chi connectivity index (χ4n) is 5.71. The number of carboxylic acid groups (broad SMARTS) is 4. The highest BCUT2D eigenvalue weighted by Gasteiger charge is 2.13. The second kappa shape index (κ2) is 13.5. The van der Waals surface area contributed by atoms with Crippen molar-refractivity contribution in [3.05, 3.63) is 167 Å². The second-order valence-corrected chi connectivity index (χ2v) is 11.5. The predicted octanol–water partition coefficient (Wildman–Crippen LogP) is 8.74. The molecule has 240 valence electrons. The van der Waals surface area contributed by atoms with E-state index in [1.54, 1.807) is 97.1 Å². The Hall–Kier alpha value is -6.80. The van der Waals surface area contributed by atoms with E-state index in [9.17, 15) is 39.6 Å². The molecule has 0 unspecified atom stereocenters. The van der Waals surface area contributed by atoms with Crippen LogP contribution in [0.2, 0.25) is 0 Å². The normalized spacial score (nSPS) is 10.8. The van der Waals surface area contributed by atoms with Gasteiger partial charge in [0, 0.05) is 0 Å². The van der Waals surface area contributed by atoms with Crippen LogP contribution >= 0.6 is 0 Å². The van der Waals surface area contributed by atoms with E-state index < -0.39 is 23.9 Å². The Bertz CT molecular complexity index is 1900. The number of carboxylic acids is 4. The van der Waals surface area contributed by atoms with Crippen LogP contribution in [0.5, 0.6) is 0 Å². The SMILES string of the molecule is O=C(O)c1ccc(-c2cc(Cc3cc(-c4ccc(C(=O)O)cc4)cc(-c4ccc(C(=O)O)cc4)c3)cc(-c3ccc(C(=O)O)cc3)c2)cc1. The first kappa shape index (κ1) is 32.2. The third-order valence-electron chi connectivity index (χ3n) is 8.25. The zero-order chi connectivity index (χ0) is 34.7. The lowest BCUT2D eigenvalue weighted by Crippen LogP contribution is -1.97. The van der Waals surface area contributed by atoms with Gasteiger partial charge in [0.1, 0.15) is 0 Å². The molecular formula is C41H28O8. The number of rotatable bonds is 10. The fraction of sp³-hybridized carbons (Fsp3) is 0.0244. The molecule has 6 aromatic carbocycles. The van der Waals surface area contributed by atoms with Crippen molar-refractivity contribution in [3.63, 3.8) is 0 Å². The summed E-state index contributed by atoms with van der Waals surface area (Å²) in [4.78, 5) is 45.9. The van der Waals surface area contributed by atoms with Gasteiger partial charge in [-0.3, -0.25) is 0 Å². The number of aromatic carboxylic acids is 4. The summed E-state index contributed by atoms with van der Waals surface area (Å²) in [5, 5.41) is 37.6. The topological polar surface area (TPSA) is 149 Å². The maximum absolute atomic E-state index is 11.5. The first-order valence-electron chi connectivity index (χ1n) is 15.2. The zero-order valence-electron chi connectivity index (χ0n) is 25.8. The molecule has 0 aliphatic heterocycles. The predicted molar refractivity (Wildman–Crippen MR) is 185 cm³/mol. The number of carbonyl (C=O) groups is 4. The minimum absolute atomic E-state index is 0.168. The molecule has 0 bridgehead atoms. The van der Waals surface area contributed by atoms with Crippen LogP contribution in [0, 0.1) is 0 Å². The Morgan fingerprint density at radius 3 is 0.694 bits per heavy atom. The average Bonchev–Trinajstić information content (AvgIpc) is 3.11. The maximum atomic E-state index is 11.5. The summed E-state index contributed by atoms with van der Waals surface area (Å²) < 4.78 is 0. The highest BCUT2D eigenvalue weighted by atomic mass is 16.4. The van der Waals surface area contributed by atoms with E-state index in [2.05, 4.69) is 0 Å². The molecular weight excluding hydrogens is 620 g/mol. The Balaban J connectivity index is 1.46. The van der Waals surface area contributed by atoms with Gasteiger partial charge in [-0.2, -0.15) is 0 Å². The molecule has 6 aromatic rings. The molecule has 4 N–H and O–H groups in total. The third kappa shape index (κ3) is 7.29. The number of benzene rings is 6. The smallest absolute Gasteiger partial charge is 0.335 e. The van der Waals surface area contributed by atoms with Gasteiger partial charge in [-0.25, -0.2) is 19.2 Å². The molecule has 8 heteroatoms. The van der Waals surface area contributed by atoms with Gasteiger partial charge in [-0.05, 0) is 123 Å². The first-order chi connectivity index (χ1) is 23.5. The van der Waals surface area contributed by atoms with Crippen LogP contribution in [0.3, 0.4) is 0 Å². The molecule has 0 amide bonds. The summed E-state index contributed by atoms with van der Waals surface area (Å²) >= 11 is 0. The van der Waals surface area contributed by atoms with E-state index in [1.165, 1.54) is 0 Å². The second-order valence-electron chi connectivity index (χ2n) is 11.5. The lowest BCUT2D eigenvalue weighted by atomic mass is 9.90. The minimum atomic E-state index is -1.02. The Labute approximate surface area is 280 Å². The monoisotopic (exact) mass is 648 g/mol. The molecule has 0 saturated carbocycles. The molecule has 49 heavy (non-hydrogen) atoms. The summed E-state index contributed by atoms with van der Waals surface area (Å²) in [6.07, 6.45) is 0.475. The standard InChI is InChI=1S/C41H28O8/c42-38(43)30-9-1-26(2-10-30)34-18-24(19-35(22-34)27-3-11-31(12-4-27)39(44)45)17-25-20-36(28-5-13-32(14-6-28)40(46)47)23-37(21-25)29-7-15-33(16-8-29)41(48)49/h1-16,18-23H,17H2,(H,42,43)(H,44,45)(H,46,47)(H,48,49). The highest BCUT2D eigenvalue weighted by molar-refractivity contribution is 5.91. The van der Waals surface area contributed by atoms with Crippen LogP contribution in [-0.4, -0.2) is 44.3 Å². The van der Waals surface area contributed by atoms with Crippen LogP contribution in [0.4, 0.5) is 0 Å². The van der Waals surface area contributed by atoms with E-state index in [4.69, 9.17) is 0 Å². The van der Waals surface area contributed by atoms with Gasteiger partial charge >= 0.3 is 23.9 Å². The quantitative estimate of drug-likeness (QED) is 0.115. The summed E-state index contributed by atoms with van der Waals surface area (Å²) in [5.41, 5.74) is 9.14. The van der Waals surface area contributed by atoms with Crippen molar-refractivity contribution >= 4 is 23.9 Å². The van der Waals surface area contributed by atoms with Crippen molar-refractivity contribution in [2.75, 3.05) is 0 Å². The third-order valence-corrected chi connectivity index (χ3v) is 8.25. The van der Waals surface area contributed by atoms with Crippen molar-refractivity contribution in [1.82, 2.24) is 0 Å². The Kier molecular flexibility index (Phi) is 8.87. The van der Waals surface area contributed by atoms with Crippen molar-refractivity contribution in [2.24, 2.45) is 0 Å². The molecule has 0 aromatic heterocycles. The van der Waals surface area contributed by atoms with Crippen molar-refractivity contribution < 1.29 is 39.6 Å². The van der Waals surface area contributed by atoms with Gasteiger partial charge in [-0.1, -0.05) is 72.8 Å². The molecule has 0 saturated heterocycles. The van der Waals surface area contributed by atoms with E-state index in [0.717, 1.165) is 55.6 Å².